The van der Waals surface area contributed by atoms with E-state index in [1.165, 1.54) is 19.3 Å². The Kier molecular flexibility index (Phi) is 7.44. The average molecular weight is 228 g/mol. The highest BCUT2D eigenvalue weighted by molar-refractivity contribution is 5.69. The van der Waals surface area contributed by atoms with Crippen LogP contribution in [0.1, 0.15) is 73.1 Å². The van der Waals surface area contributed by atoms with Crippen LogP contribution in [-0.2, 0) is 9.53 Å². The lowest BCUT2D eigenvalue weighted by Gasteiger charge is -2.20. The highest BCUT2D eigenvalue weighted by atomic mass is 16.6. The van der Waals surface area contributed by atoms with E-state index in [1.54, 1.807) is 0 Å². The van der Waals surface area contributed by atoms with Gasteiger partial charge in [-0.1, -0.05) is 33.1 Å². The molecule has 0 aromatic heterocycles. The summed E-state index contributed by atoms with van der Waals surface area (Å²) in [6, 6.07) is 0. The number of carbonyl (C=O) groups is 1. The minimum Gasteiger partial charge on any atom is -0.460 e. The van der Waals surface area contributed by atoms with Crippen LogP contribution in [0.5, 0.6) is 0 Å². The molecule has 0 N–H and O–H groups in total. The van der Waals surface area contributed by atoms with Crippen LogP contribution in [0.25, 0.3) is 0 Å². The summed E-state index contributed by atoms with van der Waals surface area (Å²) in [4.78, 5) is 11.5. The van der Waals surface area contributed by atoms with Gasteiger partial charge in [0.2, 0.25) is 0 Å². The van der Waals surface area contributed by atoms with Crippen LogP contribution in [0.15, 0.2) is 0 Å². The number of hydrogen-bond donors (Lipinski definition) is 0. The molecule has 0 bridgehead atoms. The Labute approximate surface area is 101 Å². The summed E-state index contributed by atoms with van der Waals surface area (Å²) in [5, 5.41) is 0. The molecule has 0 aliphatic rings. The lowest BCUT2D eigenvalue weighted by atomic mass is 9.94. The highest BCUT2D eigenvalue weighted by Gasteiger charge is 2.16. The van der Waals surface area contributed by atoms with Crippen molar-refractivity contribution in [2.45, 2.75) is 78.7 Å². The van der Waals surface area contributed by atoms with Crippen LogP contribution in [0.3, 0.4) is 0 Å². The third-order valence-electron chi connectivity index (χ3n) is 2.69. The molecule has 1 atom stereocenters. The molecule has 0 aromatic carbocycles. The van der Waals surface area contributed by atoms with Gasteiger partial charge in [0.15, 0.2) is 0 Å². The second-order valence-electron chi connectivity index (χ2n) is 5.54. The van der Waals surface area contributed by atoms with Gasteiger partial charge >= 0.3 is 5.97 Å². The van der Waals surface area contributed by atoms with Crippen molar-refractivity contribution in [1.29, 1.82) is 0 Å². The van der Waals surface area contributed by atoms with E-state index in [9.17, 15) is 4.79 Å². The first-order valence-electron chi connectivity index (χ1n) is 6.60. The molecule has 0 radical (unpaired) electrons. The molecule has 2 heteroatoms. The van der Waals surface area contributed by atoms with E-state index >= 15 is 0 Å². The Bertz CT molecular complexity index is 191. The van der Waals surface area contributed by atoms with Gasteiger partial charge < -0.3 is 4.74 Å². The quantitative estimate of drug-likeness (QED) is 0.606. The minimum absolute atomic E-state index is 0.0566. The van der Waals surface area contributed by atoms with Gasteiger partial charge in [-0.3, -0.25) is 4.79 Å². The molecule has 0 aliphatic carbocycles. The Hall–Kier alpha value is -0.530. The number of rotatable bonds is 7. The van der Waals surface area contributed by atoms with Crippen LogP contribution in [0.4, 0.5) is 0 Å². The van der Waals surface area contributed by atoms with Crippen molar-refractivity contribution in [3.8, 4) is 0 Å². The van der Waals surface area contributed by atoms with Crippen LogP contribution in [-0.4, -0.2) is 11.6 Å². The Morgan fingerprint density at radius 1 is 1.19 bits per heavy atom. The molecule has 0 aromatic rings. The van der Waals surface area contributed by atoms with Gasteiger partial charge in [0.1, 0.15) is 5.60 Å². The molecule has 0 rings (SSSR count). The maximum Gasteiger partial charge on any atom is 0.306 e. The van der Waals surface area contributed by atoms with Crippen molar-refractivity contribution in [3.63, 3.8) is 0 Å². The molecule has 16 heavy (non-hydrogen) atoms. The van der Waals surface area contributed by atoms with Gasteiger partial charge in [0, 0.05) is 6.42 Å². The van der Waals surface area contributed by atoms with E-state index in [1.807, 2.05) is 20.8 Å². The molecule has 0 aliphatic heterocycles. The monoisotopic (exact) mass is 228 g/mol. The highest BCUT2D eigenvalue weighted by Crippen LogP contribution is 2.19. The van der Waals surface area contributed by atoms with Crippen molar-refractivity contribution in [2.24, 2.45) is 5.92 Å². The van der Waals surface area contributed by atoms with E-state index in [2.05, 4.69) is 13.8 Å². The number of ether oxygens (including phenoxy) is 1. The summed E-state index contributed by atoms with van der Waals surface area (Å²) in [6.45, 7) is 10.2. The zero-order valence-corrected chi connectivity index (χ0v) is 11.6. The molecule has 2 nitrogen and oxygen atoms in total. The third-order valence-corrected chi connectivity index (χ3v) is 2.69. The lowest BCUT2D eigenvalue weighted by Crippen LogP contribution is -2.23. The lowest BCUT2D eigenvalue weighted by molar-refractivity contribution is -0.154. The molecule has 0 saturated carbocycles. The molecule has 1 unspecified atom stereocenters. The summed E-state index contributed by atoms with van der Waals surface area (Å²) in [6.07, 6.45) is 6.44. The molecule has 0 heterocycles. The summed E-state index contributed by atoms with van der Waals surface area (Å²) in [7, 11) is 0. The molecule has 96 valence electrons. The van der Waals surface area contributed by atoms with Gasteiger partial charge in [-0.2, -0.15) is 0 Å². The maximum atomic E-state index is 11.5. The van der Waals surface area contributed by atoms with Crippen molar-refractivity contribution >= 4 is 5.97 Å². The Morgan fingerprint density at radius 3 is 2.25 bits per heavy atom. The zero-order valence-electron chi connectivity index (χ0n) is 11.6. The third kappa shape index (κ3) is 8.75. The van der Waals surface area contributed by atoms with E-state index in [-0.39, 0.29) is 11.6 Å². The predicted octanol–water partition coefficient (Wildman–Crippen LogP) is 4.32. The zero-order chi connectivity index (χ0) is 12.6. The topological polar surface area (TPSA) is 26.3 Å². The fourth-order valence-electron chi connectivity index (χ4n) is 1.89. The summed E-state index contributed by atoms with van der Waals surface area (Å²) in [5.41, 5.74) is -0.343. The fourth-order valence-corrected chi connectivity index (χ4v) is 1.89. The second kappa shape index (κ2) is 7.70. The SMILES string of the molecule is CCCC(CC)CCCC(=O)OC(C)(C)C. The van der Waals surface area contributed by atoms with Crippen LogP contribution in [0.2, 0.25) is 0 Å². The van der Waals surface area contributed by atoms with Gasteiger partial charge in [-0.25, -0.2) is 0 Å². The summed E-state index contributed by atoms with van der Waals surface area (Å²) < 4.78 is 5.27. The van der Waals surface area contributed by atoms with Gasteiger partial charge in [0.25, 0.3) is 0 Å². The summed E-state index contributed by atoms with van der Waals surface area (Å²) in [5.74, 6) is 0.728. The Balaban J connectivity index is 3.68. The number of esters is 1. The van der Waals surface area contributed by atoms with E-state index in [0.29, 0.717) is 6.42 Å². The largest absolute Gasteiger partial charge is 0.460 e. The van der Waals surface area contributed by atoms with Gasteiger partial charge in [-0.05, 0) is 39.5 Å². The second-order valence-corrected chi connectivity index (χ2v) is 5.54. The maximum absolute atomic E-state index is 11.5. The van der Waals surface area contributed by atoms with Gasteiger partial charge in [-0.15, -0.1) is 0 Å². The number of hydrogen-bond acceptors (Lipinski definition) is 2. The van der Waals surface area contributed by atoms with Crippen molar-refractivity contribution in [1.82, 2.24) is 0 Å². The standard InChI is InChI=1S/C14H28O2/c1-6-9-12(7-2)10-8-11-13(15)16-14(3,4)5/h12H,6-11H2,1-5H3. The molecule has 0 fully saturated rings. The van der Waals surface area contributed by atoms with Crippen LogP contribution >= 0.6 is 0 Å². The first-order chi connectivity index (χ1) is 7.39. The smallest absolute Gasteiger partial charge is 0.306 e. The Morgan fingerprint density at radius 2 is 1.81 bits per heavy atom. The van der Waals surface area contributed by atoms with Crippen molar-refractivity contribution in [2.75, 3.05) is 0 Å². The van der Waals surface area contributed by atoms with Crippen molar-refractivity contribution in [3.05, 3.63) is 0 Å². The first kappa shape index (κ1) is 15.5. The van der Waals surface area contributed by atoms with Crippen molar-refractivity contribution < 1.29 is 9.53 Å². The fraction of sp³-hybridized carbons (Fsp3) is 0.929. The van der Waals surface area contributed by atoms with Crippen LogP contribution < -0.4 is 0 Å². The van der Waals surface area contributed by atoms with E-state index in [4.69, 9.17) is 4.74 Å². The normalized spacial score (nSPS) is 13.6. The predicted molar refractivity (Wildman–Crippen MR) is 68.4 cm³/mol. The average Bonchev–Trinajstić information content (AvgIpc) is 2.13. The molecule has 0 amide bonds. The molecule has 0 saturated heterocycles. The van der Waals surface area contributed by atoms with E-state index < -0.39 is 0 Å². The van der Waals surface area contributed by atoms with Gasteiger partial charge in [0.05, 0.1) is 0 Å². The minimum atomic E-state index is -0.343. The number of carbonyl (C=O) groups excluding carboxylic acids is 1. The molecular weight excluding hydrogens is 200 g/mol. The van der Waals surface area contributed by atoms with Crippen LogP contribution in [0, 0.1) is 5.92 Å². The molecule has 0 spiro atoms. The summed E-state index contributed by atoms with van der Waals surface area (Å²) >= 11 is 0. The van der Waals surface area contributed by atoms with E-state index in [0.717, 1.165) is 18.8 Å². The molecular formula is C14H28O2. The first-order valence-corrected chi connectivity index (χ1v) is 6.60.